The number of carbonyl (C=O) groups is 1. The van der Waals surface area contributed by atoms with Crippen LogP contribution in [0, 0.1) is 0 Å². The molecule has 0 spiro atoms. The third-order valence-electron chi connectivity index (χ3n) is 1.99. The van der Waals surface area contributed by atoms with Gasteiger partial charge in [0.15, 0.2) is 0 Å². The van der Waals surface area contributed by atoms with Crippen LogP contribution in [-0.2, 0) is 4.79 Å². The Morgan fingerprint density at radius 3 is 2.14 bits per heavy atom. The highest BCUT2D eigenvalue weighted by molar-refractivity contribution is 5.76. The van der Waals surface area contributed by atoms with Gasteiger partial charge in [-0.3, -0.25) is 4.79 Å². The fourth-order valence-corrected chi connectivity index (χ4v) is 1.52. The first kappa shape index (κ1) is 13.3. The van der Waals surface area contributed by atoms with Crippen LogP contribution in [0.1, 0.15) is 33.6 Å². The van der Waals surface area contributed by atoms with Crippen molar-refractivity contribution in [3.63, 3.8) is 0 Å². The molecule has 0 bridgehead atoms. The van der Waals surface area contributed by atoms with E-state index in [1.807, 2.05) is 13.8 Å². The van der Waals surface area contributed by atoms with E-state index >= 15 is 0 Å². The predicted octanol–water partition coefficient (Wildman–Crippen LogP) is 1.28. The van der Waals surface area contributed by atoms with Crippen LogP contribution in [0.15, 0.2) is 0 Å². The van der Waals surface area contributed by atoms with Gasteiger partial charge in [-0.25, -0.2) is 8.78 Å². The van der Waals surface area contributed by atoms with Crippen molar-refractivity contribution in [2.24, 2.45) is 5.73 Å². The van der Waals surface area contributed by atoms with Crippen LogP contribution >= 0.6 is 0 Å². The fourth-order valence-electron chi connectivity index (χ4n) is 1.52. The molecule has 1 saturated carbocycles. The summed E-state index contributed by atoms with van der Waals surface area (Å²) in [7, 11) is 0. The molecule has 0 unspecified atom stereocenters. The molecule has 0 heterocycles. The standard InChI is InChI=1S/C7H12F2N2O.C2H6/c1-6(11-2-5(10)12)3-7(8,9)4-6;1-2/h11H,2-4H2,1H3,(H2,10,12);1-2H3. The van der Waals surface area contributed by atoms with E-state index in [2.05, 4.69) is 5.32 Å². The third-order valence-corrected chi connectivity index (χ3v) is 1.99. The first-order valence-corrected chi connectivity index (χ1v) is 4.74. The number of primary amides is 1. The van der Waals surface area contributed by atoms with E-state index in [9.17, 15) is 13.6 Å². The highest BCUT2D eigenvalue weighted by Gasteiger charge is 2.53. The molecule has 0 radical (unpaired) electrons. The molecule has 1 amide bonds. The molecule has 0 aliphatic heterocycles. The average molecular weight is 208 g/mol. The maximum Gasteiger partial charge on any atom is 0.251 e. The molecular formula is C9H18F2N2O. The first-order chi connectivity index (χ1) is 6.33. The molecule has 3 nitrogen and oxygen atoms in total. The summed E-state index contributed by atoms with van der Waals surface area (Å²) in [5.41, 5.74) is 4.24. The Morgan fingerprint density at radius 1 is 1.43 bits per heavy atom. The van der Waals surface area contributed by atoms with E-state index in [4.69, 9.17) is 5.73 Å². The number of nitrogens with one attached hydrogen (secondary N) is 1. The lowest BCUT2D eigenvalue weighted by atomic mass is 9.75. The Labute approximate surface area is 83.0 Å². The van der Waals surface area contributed by atoms with Crippen LogP contribution in [0.2, 0.25) is 0 Å². The predicted molar refractivity (Wildman–Crippen MR) is 51.1 cm³/mol. The van der Waals surface area contributed by atoms with Crippen LogP contribution < -0.4 is 11.1 Å². The molecule has 0 aromatic carbocycles. The van der Waals surface area contributed by atoms with E-state index in [0.717, 1.165) is 0 Å². The maximum atomic E-state index is 12.4. The van der Waals surface area contributed by atoms with Gasteiger partial charge in [-0.15, -0.1) is 0 Å². The van der Waals surface area contributed by atoms with Gasteiger partial charge >= 0.3 is 0 Å². The number of halogens is 2. The van der Waals surface area contributed by atoms with Crippen LogP contribution in [0.25, 0.3) is 0 Å². The van der Waals surface area contributed by atoms with Gasteiger partial charge in [0.25, 0.3) is 5.92 Å². The molecule has 1 aliphatic rings. The lowest BCUT2D eigenvalue weighted by Gasteiger charge is -2.45. The Morgan fingerprint density at radius 2 is 1.86 bits per heavy atom. The Kier molecular flexibility index (Phi) is 4.45. The largest absolute Gasteiger partial charge is 0.369 e. The lowest BCUT2D eigenvalue weighted by Crippen LogP contribution is -2.60. The number of amides is 1. The molecule has 0 aromatic rings. The van der Waals surface area contributed by atoms with Crippen molar-refractivity contribution in [3.05, 3.63) is 0 Å². The van der Waals surface area contributed by atoms with E-state index in [1.54, 1.807) is 6.92 Å². The van der Waals surface area contributed by atoms with Crippen molar-refractivity contribution in [2.45, 2.75) is 45.1 Å². The van der Waals surface area contributed by atoms with Gasteiger partial charge in [0.2, 0.25) is 5.91 Å². The van der Waals surface area contributed by atoms with Crippen LogP contribution in [-0.4, -0.2) is 23.9 Å². The number of nitrogens with two attached hydrogens (primary N) is 1. The summed E-state index contributed by atoms with van der Waals surface area (Å²) in [4.78, 5) is 10.3. The first-order valence-electron chi connectivity index (χ1n) is 4.74. The smallest absolute Gasteiger partial charge is 0.251 e. The number of hydrogen-bond acceptors (Lipinski definition) is 2. The van der Waals surface area contributed by atoms with Gasteiger partial charge in [0, 0.05) is 18.4 Å². The Balaban J connectivity index is 0.000000791. The minimum Gasteiger partial charge on any atom is -0.369 e. The second kappa shape index (κ2) is 4.68. The van der Waals surface area contributed by atoms with Gasteiger partial charge in [-0.05, 0) is 6.92 Å². The lowest BCUT2D eigenvalue weighted by molar-refractivity contribution is -0.133. The van der Waals surface area contributed by atoms with Crippen molar-refractivity contribution >= 4 is 5.91 Å². The minimum absolute atomic E-state index is 0.0351. The number of carbonyl (C=O) groups excluding carboxylic acids is 1. The molecule has 1 rings (SSSR count). The van der Waals surface area contributed by atoms with Crippen LogP contribution in [0.5, 0.6) is 0 Å². The molecule has 0 aromatic heterocycles. The van der Waals surface area contributed by atoms with E-state index < -0.39 is 17.4 Å². The molecule has 0 atom stereocenters. The average Bonchev–Trinajstić information content (AvgIpc) is 2.01. The summed E-state index contributed by atoms with van der Waals surface area (Å²) < 4.78 is 24.8. The zero-order valence-corrected chi connectivity index (χ0v) is 8.86. The SMILES string of the molecule is CC.CC1(NCC(N)=O)CC(F)(F)C1. The van der Waals surface area contributed by atoms with Crippen LogP contribution in [0.4, 0.5) is 8.78 Å². The highest BCUT2D eigenvalue weighted by Crippen LogP contribution is 2.44. The van der Waals surface area contributed by atoms with Gasteiger partial charge in [-0.2, -0.15) is 0 Å². The Hall–Kier alpha value is -0.710. The fraction of sp³-hybridized carbons (Fsp3) is 0.889. The summed E-state index contributed by atoms with van der Waals surface area (Å²) in [6, 6.07) is 0. The van der Waals surface area contributed by atoms with E-state index in [1.165, 1.54) is 0 Å². The van der Waals surface area contributed by atoms with Crippen LogP contribution in [0.3, 0.4) is 0 Å². The zero-order valence-electron chi connectivity index (χ0n) is 8.86. The summed E-state index contributed by atoms with van der Waals surface area (Å²) >= 11 is 0. The van der Waals surface area contributed by atoms with Crippen molar-refractivity contribution in [3.8, 4) is 0 Å². The monoisotopic (exact) mass is 208 g/mol. The summed E-state index contributed by atoms with van der Waals surface area (Å²) in [6.07, 6.45) is -0.430. The van der Waals surface area contributed by atoms with Gasteiger partial charge in [0.1, 0.15) is 0 Å². The molecule has 0 saturated heterocycles. The van der Waals surface area contributed by atoms with E-state index in [0.29, 0.717) is 0 Å². The zero-order chi connectivity index (χ0) is 11.4. The third kappa shape index (κ3) is 4.00. The molecule has 84 valence electrons. The number of hydrogen-bond donors (Lipinski definition) is 2. The second-order valence-electron chi connectivity index (χ2n) is 3.59. The molecule has 5 heteroatoms. The van der Waals surface area contributed by atoms with E-state index in [-0.39, 0.29) is 19.4 Å². The number of alkyl halides is 2. The Bertz CT molecular complexity index is 199. The highest BCUT2D eigenvalue weighted by atomic mass is 19.3. The quantitative estimate of drug-likeness (QED) is 0.734. The topological polar surface area (TPSA) is 55.1 Å². The molecule has 14 heavy (non-hydrogen) atoms. The normalized spacial score (nSPS) is 21.5. The maximum absolute atomic E-state index is 12.4. The van der Waals surface area contributed by atoms with Gasteiger partial charge in [-0.1, -0.05) is 13.8 Å². The minimum atomic E-state index is -2.57. The molecular weight excluding hydrogens is 190 g/mol. The number of rotatable bonds is 3. The molecule has 1 aliphatic carbocycles. The van der Waals surface area contributed by atoms with Gasteiger partial charge in [0.05, 0.1) is 6.54 Å². The van der Waals surface area contributed by atoms with Gasteiger partial charge < -0.3 is 11.1 Å². The van der Waals surface area contributed by atoms with Crippen molar-refractivity contribution < 1.29 is 13.6 Å². The summed E-state index contributed by atoms with van der Waals surface area (Å²) in [5, 5.41) is 2.70. The van der Waals surface area contributed by atoms with Crippen molar-refractivity contribution in [1.29, 1.82) is 0 Å². The second-order valence-corrected chi connectivity index (χ2v) is 3.59. The summed E-state index contributed by atoms with van der Waals surface area (Å²) in [6.45, 7) is 5.62. The van der Waals surface area contributed by atoms with Crippen molar-refractivity contribution in [2.75, 3.05) is 6.54 Å². The summed E-state index contributed by atoms with van der Waals surface area (Å²) in [5.74, 6) is -3.09. The molecule has 1 fully saturated rings. The molecule has 3 N–H and O–H groups in total. The van der Waals surface area contributed by atoms with Crippen molar-refractivity contribution in [1.82, 2.24) is 5.32 Å².